The average molecular weight is 478 g/mol. The largest absolute Gasteiger partial charge is 0.416 e. The standard InChI is InChI=1S/C25H27F4N3O2/c1-16(33)32-10-3-2-4-23(32)24(34)30-21-8-6-18(22(26)13-21)14-31-11-9-17-5-7-20(25(27,28)29)12-19(17)15-31/h5-8,12-13,23H,2-4,9-11,14-15H2,1H3,(H,30,34)/t23-/m1/s1. The molecule has 0 radical (unpaired) electrons. The highest BCUT2D eigenvalue weighted by molar-refractivity contribution is 5.97. The molecule has 2 amide bonds. The van der Waals surface area contributed by atoms with Crippen LogP contribution >= 0.6 is 0 Å². The molecule has 2 aromatic rings. The Bertz CT molecular complexity index is 1090. The van der Waals surface area contributed by atoms with E-state index in [1.807, 2.05) is 4.90 Å². The molecule has 0 saturated carbocycles. The van der Waals surface area contributed by atoms with Crippen LogP contribution in [0.4, 0.5) is 23.2 Å². The summed E-state index contributed by atoms with van der Waals surface area (Å²) in [6.07, 6.45) is -1.54. The normalized spacial score (nSPS) is 19.0. The number of likely N-dealkylation sites (tertiary alicyclic amines) is 1. The van der Waals surface area contributed by atoms with E-state index in [4.69, 9.17) is 0 Å². The van der Waals surface area contributed by atoms with Gasteiger partial charge >= 0.3 is 6.18 Å². The summed E-state index contributed by atoms with van der Waals surface area (Å²) in [4.78, 5) is 28.0. The number of halogens is 4. The van der Waals surface area contributed by atoms with Crippen molar-refractivity contribution in [2.24, 2.45) is 0 Å². The third kappa shape index (κ3) is 5.41. The molecular formula is C25H27F4N3O2. The third-order valence-corrected chi connectivity index (χ3v) is 6.55. The maximum atomic E-state index is 14.8. The summed E-state index contributed by atoms with van der Waals surface area (Å²) in [6.45, 7) is 3.13. The van der Waals surface area contributed by atoms with Gasteiger partial charge in [0.05, 0.1) is 5.56 Å². The van der Waals surface area contributed by atoms with E-state index in [1.165, 1.54) is 25.1 Å². The highest BCUT2D eigenvalue weighted by Crippen LogP contribution is 2.32. The number of nitrogens with zero attached hydrogens (tertiary/aromatic N) is 2. The molecule has 182 valence electrons. The van der Waals surface area contributed by atoms with Crippen LogP contribution < -0.4 is 5.32 Å². The zero-order valence-corrected chi connectivity index (χ0v) is 18.9. The van der Waals surface area contributed by atoms with Crippen LogP contribution in [0.1, 0.15) is 48.4 Å². The number of alkyl halides is 3. The Kier molecular flexibility index (Phi) is 6.93. The Morgan fingerprint density at radius 2 is 1.85 bits per heavy atom. The van der Waals surface area contributed by atoms with Crippen molar-refractivity contribution in [2.75, 3.05) is 18.4 Å². The van der Waals surface area contributed by atoms with E-state index < -0.39 is 23.6 Å². The summed E-state index contributed by atoms with van der Waals surface area (Å²) >= 11 is 0. The molecule has 34 heavy (non-hydrogen) atoms. The molecule has 5 nitrogen and oxygen atoms in total. The maximum Gasteiger partial charge on any atom is 0.416 e. The molecule has 2 heterocycles. The Balaban J connectivity index is 1.41. The van der Waals surface area contributed by atoms with Crippen molar-refractivity contribution in [3.63, 3.8) is 0 Å². The molecule has 4 rings (SSSR count). The first-order valence-electron chi connectivity index (χ1n) is 11.4. The molecule has 2 aliphatic rings. The van der Waals surface area contributed by atoms with Crippen molar-refractivity contribution >= 4 is 17.5 Å². The predicted molar refractivity (Wildman–Crippen MR) is 119 cm³/mol. The number of carbonyl (C=O) groups is 2. The summed E-state index contributed by atoms with van der Waals surface area (Å²) in [5, 5.41) is 2.71. The van der Waals surface area contributed by atoms with Gasteiger partial charge in [0.2, 0.25) is 11.8 Å². The van der Waals surface area contributed by atoms with Gasteiger partial charge in [0, 0.05) is 44.4 Å². The predicted octanol–water partition coefficient (Wildman–Crippen LogP) is 4.74. The van der Waals surface area contributed by atoms with E-state index in [0.717, 1.165) is 24.5 Å². The number of hydrogen-bond acceptors (Lipinski definition) is 3. The molecule has 2 aromatic carbocycles. The molecule has 9 heteroatoms. The minimum Gasteiger partial charge on any atom is -0.331 e. The van der Waals surface area contributed by atoms with Gasteiger partial charge < -0.3 is 10.2 Å². The zero-order valence-electron chi connectivity index (χ0n) is 18.9. The summed E-state index contributed by atoms with van der Waals surface area (Å²) in [5.74, 6) is -0.998. The van der Waals surface area contributed by atoms with Crippen LogP contribution in [-0.4, -0.2) is 40.7 Å². The Morgan fingerprint density at radius 1 is 1.06 bits per heavy atom. The van der Waals surface area contributed by atoms with E-state index in [1.54, 1.807) is 17.0 Å². The highest BCUT2D eigenvalue weighted by atomic mass is 19.4. The van der Waals surface area contributed by atoms with Gasteiger partial charge in [-0.2, -0.15) is 13.2 Å². The number of nitrogens with one attached hydrogen (secondary N) is 1. The quantitative estimate of drug-likeness (QED) is 0.648. The van der Waals surface area contributed by atoms with E-state index in [0.29, 0.717) is 49.3 Å². The number of amides is 2. The van der Waals surface area contributed by atoms with E-state index in [9.17, 15) is 27.2 Å². The van der Waals surface area contributed by atoms with Crippen LogP contribution in [0.2, 0.25) is 0 Å². The van der Waals surface area contributed by atoms with Gasteiger partial charge in [0.1, 0.15) is 11.9 Å². The number of piperidine rings is 1. The molecule has 1 N–H and O–H groups in total. The van der Waals surface area contributed by atoms with Crippen molar-refractivity contribution < 1.29 is 27.2 Å². The fourth-order valence-corrected chi connectivity index (χ4v) is 4.73. The van der Waals surface area contributed by atoms with Crippen LogP contribution in [0.5, 0.6) is 0 Å². The topological polar surface area (TPSA) is 52.7 Å². The maximum absolute atomic E-state index is 14.8. The second-order valence-corrected chi connectivity index (χ2v) is 8.96. The molecule has 1 fully saturated rings. The van der Waals surface area contributed by atoms with Gasteiger partial charge in [-0.25, -0.2) is 4.39 Å². The molecule has 0 aliphatic carbocycles. The average Bonchev–Trinajstić information content (AvgIpc) is 2.79. The van der Waals surface area contributed by atoms with Gasteiger partial charge in [0.15, 0.2) is 0 Å². The first-order valence-corrected chi connectivity index (χ1v) is 11.4. The Morgan fingerprint density at radius 3 is 2.56 bits per heavy atom. The summed E-state index contributed by atoms with van der Waals surface area (Å²) in [6, 6.07) is 7.66. The minimum atomic E-state index is -4.40. The molecule has 0 aromatic heterocycles. The molecule has 0 bridgehead atoms. The fraction of sp³-hybridized carbons (Fsp3) is 0.440. The second kappa shape index (κ2) is 9.74. The van der Waals surface area contributed by atoms with E-state index in [2.05, 4.69) is 5.32 Å². The molecule has 2 aliphatic heterocycles. The summed E-state index contributed by atoms with van der Waals surface area (Å²) in [7, 11) is 0. The van der Waals surface area contributed by atoms with Crippen LogP contribution in [-0.2, 0) is 35.3 Å². The van der Waals surface area contributed by atoms with Gasteiger partial charge in [-0.3, -0.25) is 14.5 Å². The Labute approximate surface area is 195 Å². The van der Waals surface area contributed by atoms with Crippen molar-refractivity contribution in [3.8, 4) is 0 Å². The lowest BCUT2D eigenvalue weighted by atomic mass is 9.96. The summed E-state index contributed by atoms with van der Waals surface area (Å²) < 4.78 is 54.0. The number of anilines is 1. The summed E-state index contributed by atoms with van der Waals surface area (Å²) in [5.41, 5.74) is 1.51. The van der Waals surface area contributed by atoms with E-state index in [-0.39, 0.29) is 18.4 Å². The fourth-order valence-electron chi connectivity index (χ4n) is 4.73. The van der Waals surface area contributed by atoms with Gasteiger partial charge in [-0.15, -0.1) is 0 Å². The van der Waals surface area contributed by atoms with Gasteiger partial charge in [0.25, 0.3) is 0 Å². The lowest BCUT2D eigenvalue weighted by Crippen LogP contribution is -2.49. The number of benzene rings is 2. The minimum absolute atomic E-state index is 0.160. The highest BCUT2D eigenvalue weighted by Gasteiger charge is 2.32. The number of hydrogen-bond donors (Lipinski definition) is 1. The first kappa shape index (κ1) is 24.2. The number of fused-ring (bicyclic) bond motifs is 1. The molecule has 0 unspecified atom stereocenters. The zero-order chi connectivity index (χ0) is 24.5. The van der Waals surface area contributed by atoms with Crippen molar-refractivity contribution in [1.29, 1.82) is 0 Å². The first-order chi connectivity index (χ1) is 16.1. The van der Waals surface area contributed by atoms with Crippen molar-refractivity contribution in [2.45, 2.75) is 57.9 Å². The molecular weight excluding hydrogens is 450 g/mol. The van der Waals surface area contributed by atoms with Crippen LogP contribution in [0.15, 0.2) is 36.4 Å². The van der Waals surface area contributed by atoms with Crippen molar-refractivity contribution in [3.05, 3.63) is 64.5 Å². The number of carbonyl (C=O) groups excluding carboxylic acids is 2. The molecule has 1 saturated heterocycles. The monoisotopic (exact) mass is 477 g/mol. The third-order valence-electron chi connectivity index (χ3n) is 6.55. The lowest BCUT2D eigenvalue weighted by molar-refractivity contribution is -0.138. The second-order valence-electron chi connectivity index (χ2n) is 8.96. The van der Waals surface area contributed by atoms with E-state index >= 15 is 0 Å². The molecule has 1 atom stereocenters. The van der Waals surface area contributed by atoms with Crippen LogP contribution in [0.3, 0.4) is 0 Å². The van der Waals surface area contributed by atoms with Crippen LogP contribution in [0.25, 0.3) is 0 Å². The molecule has 0 spiro atoms. The van der Waals surface area contributed by atoms with Gasteiger partial charge in [-0.1, -0.05) is 12.1 Å². The van der Waals surface area contributed by atoms with Gasteiger partial charge in [-0.05, 0) is 61.1 Å². The SMILES string of the molecule is CC(=O)N1CCCC[C@@H]1C(=O)Nc1ccc(CN2CCc3ccc(C(F)(F)F)cc3C2)c(F)c1. The number of rotatable bonds is 4. The smallest absolute Gasteiger partial charge is 0.331 e. The Hall–Kier alpha value is -2.94. The van der Waals surface area contributed by atoms with Crippen molar-refractivity contribution in [1.82, 2.24) is 9.80 Å². The lowest BCUT2D eigenvalue weighted by Gasteiger charge is -2.34. The van der Waals surface area contributed by atoms with Crippen LogP contribution in [0, 0.1) is 5.82 Å².